The van der Waals surface area contributed by atoms with E-state index in [1.165, 1.54) is 7.11 Å². The zero-order valence-corrected chi connectivity index (χ0v) is 7.80. The number of hydrogen-bond acceptors (Lipinski definition) is 4. The zero-order chi connectivity index (χ0) is 10.6. The Bertz CT molecular complexity index is 328. The first-order chi connectivity index (χ1) is 6.63. The summed E-state index contributed by atoms with van der Waals surface area (Å²) < 4.78 is 4.97. The van der Waals surface area contributed by atoms with Crippen molar-refractivity contribution in [3.05, 3.63) is 24.0 Å². The van der Waals surface area contributed by atoms with Gasteiger partial charge in [0.1, 0.15) is 11.8 Å². The lowest BCUT2D eigenvalue weighted by Crippen LogP contribution is -2.32. The third-order valence-electron chi connectivity index (χ3n) is 1.77. The summed E-state index contributed by atoms with van der Waals surface area (Å²) in [6.07, 6.45) is 1.76. The van der Waals surface area contributed by atoms with Gasteiger partial charge in [0.15, 0.2) is 0 Å². The van der Waals surface area contributed by atoms with Gasteiger partial charge in [0, 0.05) is 24.4 Å². The van der Waals surface area contributed by atoms with E-state index in [1.54, 1.807) is 18.3 Å². The minimum absolute atomic E-state index is 0.201. The van der Waals surface area contributed by atoms with Crippen molar-refractivity contribution in [1.82, 2.24) is 4.98 Å². The van der Waals surface area contributed by atoms with Crippen molar-refractivity contribution < 1.29 is 14.6 Å². The van der Waals surface area contributed by atoms with Gasteiger partial charge in [-0.05, 0) is 6.07 Å². The molecule has 1 atom stereocenters. The molecule has 0 aromatic carbocycles. The van der Waals surface area contributed by atoms with E-state index < -0.39 is 12.0 Å². The van der Waals surface area contributed by atoms with Crippen LogP contribution in [-0.2, 0) is 11.2 Å². The van der Waals surface area contributed by atoms with E-state index in [0.29, 0.717) is 11.4 Å². The summed E-state index contributed by atoms with van der Waals surface area (Å²) in [4.78, 5) is 14.5. The quantitative estimate of drug-likeness (QED) is 0.710. The fourth-order valence-electron chi connectivity index (χ4n) is 1.01. The lowest BCUT2D eigenvalue weighted by atomic mass is 10.1. The Morgan fingerprint density at radius 3 is 3.07 bits per heavy atom. The molecule has 0 radical (unpaired) electrons. The molecule has 5 heteroatoms. The molecule has 14 heavy (non-hydrogen) atoms. The van der Waals surface area contributed by atoms with Crippen LogP contribution in [0.15, 0.2) is 18.3 Å². The van der Waals surface area contributed by atoms with Crippen LogP contribution in [0.2, 0.25) is 0 Å². The van der Waals surface area contributed by atoms with Crippen LogP contribution in [0, 0.1) is 0 Å². The molecule has 1 unspecified atom stereocenters. The van der Waals surface area contributed by atoms with Crippen LogP contribution in [0.5, 0.6) is 5.75 Å². The maximum absolute atomic E-state index is 10.5. The molecule has 3 N–H and O–H groups in total. The Hall–Kier alpha value is -1.62. The molecule has 0 saturated heterocycles. The lowest BCUT2D eigenvalue weighted by molar-refractivity contribution is -0.138. The summed E-state index contributed by atoms with van der Waals surface area (Å²) in [5.41, 5.74) is 5.97. The van der Waals surface area contributed by atoms with Gasteiger partial charge in [-0.2, -0.15) is 0 Å². The topological polar surface area (TPSA) is 85.4 Å². The second-order valence-electron chi connectivity index (χ2n) is 2.84. The molecule has 0 aliphatic rings. The third-order valence-corrected chi connectivity index (χ3v) is 1.77. The van der Waals surface area contributed by atoms with Gasteiger partial charge in [-0.1, -0.05) is 0 Å². The first-order valence-corrected chi connectivity index (χ1v) is 4.11. The Kier molecular flexibility index (Phi) is 3.41. The van der Waals surface area contributed by atoms with E-state index in [4.69, 9.17) is 15.6 Å². The van der Waals surface area contributed by atoms with Crippen molar-refractivity contribution in [1.29, 1.82) is 0 Å². The smallest absolute Gasteiger partial charge is 0.320 e. The van der Waals surface area contributed by atoms with E-state index in [2.05, 4.69) is 4.98 Å². The molecule has 1 aromatic heterocycles. The third kappa shape index (κ3) is 2.70. The highest BCUT2D eigenvalue weighted by Crippen LogP contribution is 2.10. The van der Waals surface area contributed by atoms with Gasteiger partial charge in [-0.15, -0.1) is 0 Å². The molecule has 1 heterocycles. The molecule has 76 valence electrons. The van der Waals surface area contributed by atoms with Crippen molar-refractivity contribution >= 4 is 5.97 Å². The largest absolute Gasteiger partial charge is 0.497 e. The van der Waals surface area contributed by atoms with Crippen molar-refractivity contribution in [3.8, 4) is 5.75 Å². The molecular weight excluding hydrogens is 184 g/mol. The number of nitrogens with zero attached hydrogens (tertiary/aromatic N) is 1. The van der Waals surface area contributed by atoms with Crippen LogP contribution in [0.3, 0.4) is 0 Å². The second-order valence-corrected chi connectivity index (χ2v) is 2.84. The van der Waals surface area contributed by atoms with Crippen LogP contribution in [-0.4, -0.2) is 29.2 Å². The van der Waals surface area contributed by atoms with Gasteiger partial charge < -0.3 is 15.6 Å². The van der Waals surface area contributed by atoms with Crippen molar-refractivity contribution in [3.63, 3.8) is 0 Å². The number of carbonyl (C=O) groups is 1. The maximum Gasteiger partial charge on any atom is 0.320 e. The van der Waals surface area contributed by atoms with Crippen LogP contribution in [0.1, 0.15) is 5.69 Å². The Balaban J connectivity index is 2.71. The average Bonchev–Trinajstić information content (AvgIpc) is 2.18. The Morgan fingerprint density at radius 2 is 2.50 bits per heavy atom. The van der Waals surface area contributed by atoms with Gasteiger partial charge in [-0.25, -0.2) is 0 Å². The Morgan fingerprint density at radius 1 is 1.79 bits per heavy atom. The fraction of sp³-hybridized carbons (Fsp3) is 0.333. The van der Waals surface area contributed by atoms with Gasteiger partial charge in [0.2, 0.25) is 0 Å². The molecule has 0 aliphatic heterocycles. The number of methoxy groups -OCH3 is 1. The van der Waals surface area contributed by atoms with Crippen molar-refractivity contribution in [2.45, 2.75) is 12.5 Å². The number of aliphatic carboxylic acids is 1. The second kappa shape index (κ2) is 4.57. The number of aromatic nitrogens is 1. The molecule has 1 rings (SSSR count). The van der Waals surface area contributed by atoms with E-state index in [9.17, 15) is 4.79 Å². The van der Waals surface area contributed by atoms with Gasteiger partial charge in [0.25, 0.3) is 0 Å². The molecular formula is C9H12N2O3. The molecule has 0 amide bonds. The van der Waals surface area contributed by atoms with E-state index in [-0.39, 0.29) is 6.42 Å². The predicted octanol–water partition coefficient (Wildman–Crippen LogP) is 0.0446. The summed E-state index contributed by atoms with van der Waals surface area (Å²) in [5.74, 6) is -0.387. The van der Waals surface area contributed by atoms with Crippen molar-refractivity contribution in [2.75, 3.05) is 7.11 Å². The number of hydrogen-bond donors (Lipinski definition) is 2. The van der Waals surface area contributed by atoms with Gasteiger partial charge in [-0.3, -0.25) is 9.78 Å². The molecule has 0 spiro atoms. The fourth-order valence-corrected chi connectivity index (χ4v) is 1.01. The summed E-state index contributed by atoms with van der Waals surface area (Å²) in [6, 6.07) is 2.44. The molecule has 0 saturated carbocycles. The number of nitrogens with two attached hydrogens (primary N) is 1. The summed E-state index contributed by atoms with van der Waals surface area (Å²) in [7, 11) is 1.54. The van der Waals surface area contributed by atoms with Crippen LogP contribution in [0.25, 0.3) is 0 Å². The first kappa shape index (κ1) is 10.5. The lowest BCUT2D eigenvalue weighted by Gasteiger charge is -2.06. The normalized spacial score (nSPS) is 12.1. The van der Waals surface area contributed by atoms with Gasteiger partial charge >= 0.3 is 5.97 Å². The molecule has 1 aromatic rings. The van der Waals surface area contributed by atoms with Crippen molar-refractivity contribution in [2.24, 2.45) is 5.73 Å². The number of rotatable bonds is 4. The zero-order valence-electron chi connectivity index (χ0n) is 7.80. The molecule has 5 nitrogen and oxygen atoms in total. The van der Waals surface area contributed by atoms with E-state index in [0.717, 1.165) is 0 Å². The number of pyridine rings is 1. The van der Waals surface area contributed by atoms with E-state index in [1.807, 2.05) is 0 Å². The highest BCUT2D eigenvalue weighted by atomic mass is 16.5. The molecule has 0 fully saturated rings. The SMILES string of the molecule is COc1ccnc(CC(N)C(=O)O)c1. The highest BCUT2D eigenvalue weighted by molar-refractivity contribution is 5.73. The van der Waals surface area contributed by atoms with Crippen LogP contribution in [0.4, 0.5) is 0 Å². The number of carboxylic acids is 1. The molecule has 0 bridgehead atoms. The maximum atomic E-state index is 10.5. The monoisotopic (exact) mass is 196 g/mol. The van der Waals surface area contributed by atoms with Crippen LogP contribution < -0.4 is 10.5 Å². The first-order valence-electron chi connectivity index (χ1n) is 4.11. The van der Waals surface area contributed by atoms with Gasteiger partial charge in [0.05, 0.1) is 7.11 Å². The minimum Gasteiger partial charge on any atom is -0.497 e. The van der Waals surface area contributed by atoms with E-state index >= 15 is 0 Å². The average molecular weight is 196 g/mol. The summed E-state index contributed by atoms with van der Waals surface area (Å²) in [6.45, 7) is 0. The standard InChI is InChI=1S/C9H12N2O3/c1-14-7-2-3-11-6(4-7)5-8(10)9(12)13/h2-4,8H,5,10H2,1H3,(H,12,13). The molecule has 0 aliphatic carbocycles. The predicted molar refractivity (Wildman–Crippen MR) is 50.1 cm³/mol. The summed E-state index contributed by atoms with van der Waals surface area (Å²) in [5, 5.41) is 8.59. The minimum atomic E-state index is -1.03. The highest BCUT2D eigenvalue weighted by Gasteiger charge is 2.12. The number of ether oxygens (including phenoxy) is 1. The van der Waals surface area contributed by atoms with Crippen LogP contribution >= 0.6 is 0 Å². The summed E-state index contributed by atoms with van der Waals surface area (Å²) >= 11 is 0. The number of carboxylic acid groups (broad SMARTS) is 1. The Labute approximate surface area is 81.5 Å².